The van der Waals surface area contributed by atoms with E-state index in [0.29, 0.717) is 34.6 Å². The molecule has 0 N–H and O–H groups in total. The van der Waals surface area contributed by atoms with Gasteiger partial charge in [-0.15, -0.1) is 0 Å². The Hall–Kier alpha value is -3.07. The maximum atomic E-state index is 15.1. The molecule has 0 nitrogen and oxygen atoms in total. The summed E-state index contributed by atoms with van der Waals surface area (Å²) in [5.41, 5.74) is 4.59. The van der Waals surface area contributed by atoms with Crippen molar-refractivity contribution in [2.24, 2.45) is 5.92 Å². The number of rotatable bonds is 11. The van der Waals surface area contributed by atoms with Gasteiger partial charge in [-0.2, -0.15) is 0 Å². The van der Waals surface area contributed by atoms with Crippen molar-refractivity contribution in [1.82, 2.24) is 0 Å². The molecule has 1 atom stereocenters. The molecule has 0 amide bonds. The molecule has 0 aromatic heterocycles. The molecule has 3 aromatic rings. The summed E-state index contributed by atoms with van der Waals surface area (Å²) >= 11 is 0. The molecule has 0 aliphatic heterocycles. The summed E-state index contributed by atoms with van der Waals surface area (Å²) in [4.78, 5) is 0. The third-order valence-corrected chi connectivity index (χ3v) is 7.72. The molecule has 3 heteroatoms. The molecule has 3 aromatic carbocycles. The van der Waals surface area contributed by atoms with Crippen LogP contribution < -0.4 is 0 Å². The zero-order valence-corrected chi connectivity index (χ0v) is 22.7. The van der Waals surface area contributed by atoms with Crippen LogP contribution in [0, 0.1) is 23.4 Å². The summed E-state index contributed by atoms with van der Waals surface area (Å²) in [6, 6.07) is 15.8. The molecule has 0 spiro atoms. The topological polar surface area (TPSA) is 0 Å². The quantitative estimate of drug-likeness (QED) is 0.176. The van der Waals surface area contributed by atoms with Gasteiger partial charge in [-0.25, -0.2) is 13.2 Å². The average Bonchev–Trinajstić information content (AvgIpc) is 2.94. The maximum absolute atomic E-state index is 15.1. The standard InChI is InChI=1S/C35H39F3/c1-3-5-6-7-8-9-11-29-20-23-32(35(38)34(29)37)28-18-16-27(17-19-28)31-22-21-30(24-33(31)36)26-14-12-25(10-4-2)13-15-26/h4,10,14,16-25H,3,5-9,11-13,15H2,1-2H3/b10-4+. The van der Waals surface area contributed by atoms with E-state index in [0.717, 1.165) is 44.1 Å². The molecule has 0 saturated heterocycles. The Balaban J connectivity index is 1.44. The first-order chi connectivity index (χ1) is 18.5. The van der Waals surface area contributed by atoms with Crippen LogP contribution in [0.3, 0.4) is 0 Å². The molecule has 0 bridgehead atoms. The lowest BCUT2D eigenvalue weighted by Gasteiger charge is -2.20. The monoisotopic (exact) mass is 516 g/mol. The lowest BCUT2D eigenvalue weighted by molar-refractivity contribution is 0.497. The third kappa shape index (κ3) is 6.87. The van der Waals surface area contributed by atoms with Gasteiger partial charge in [0.05, 0.1) is 0 Å². The van der Waals surface area contributed by atoms with Gasteiger partial charge in [0.1, 0.15) is 5.82 Å². The number of hydrogen-bond donors (Lipinski definition) is 0. The highest BCUT2D eigenvalue weighted by Gasteiger charge is 2.17. The number of unbranched alkanes of at least 4 members (excludes halogenated alkanes) is 5. The van der Waals surface area contributed by atoms with Gasteiger partial charge in [0.15, 0.2) is 11.6 Å². The molecule has 1 unspecified atom stereocenters. The van der Waals surface area contributed by atoms with Gasteiger partial charge in [-0.05, 0) is 78.8 Å². The Labute approximate surface area is 226 Å². The fourth-order valence-electron chi connectivity index (χ4n) is 5.44. The fraction of sp³-hybridized carbons (Fsp3) is 0.371. The van der Waals surface area contributed by atoms with Crippen LogP contribution in [0.4, 0.5) is 13.2 Å². The molecular formula is C35H39F3. The predicted octanol–water partition coefficient (Wildman–Crippen LogP) is 11.1. The van der Waals surface area contributed by atoms with Crippen LogP contribution in [-0.2, 0) is 6.42 Å². The molecular weight excluding hydrogens is 477 g/mol. The summed E-state index contributed by atoms with van der Waals surface area (Å²) in [6.45, 7) is 4.22. The number of hydrogen-bond acceptors (Lipinski definition) is 0. The zero-order chi connectivity index (χ0) is 26.9. The van der Waals surface area contributed by atoms with Crippen LogP contribution in [0.2, 0.25) is 0 Å². The van der Waals surface area contributed by atoms with E-state index in [1.165, 1.54) is 24.8 Å². The van der Waals surface area contributed by atoms with Crippen LogP contribution in [0.25, 0.3) is 27.8 Å². The number of aryl methyl sites for hydroxylation is 1. The molecule has 0 radical (unpaired) electrons. The largest absolute Gasteiger partial charge is 0.206 e. The van der Waals surface area contributed by atoms with Crippen molar-refractivity contribution in [2.45, 2.75) is 78.1 Å². The lowest BCUT2D eigenvalue weighted by atomic mass is 9.86. The van der Waals surface area contributed by atoms with Gasteiger partial charge >= 0.3 is 0 Å². The van der Waals surface area contributed by atoms with Gasteiger partial charge in [-0.3, -0.25) is 0 Å². The Morgan fingerprint density at radius 3 is 2.08 bits per heavy atom. The second kappa shape index (κ2) is 13.6. The van der Waals surface area contributed by atoms with Gasteiger partial charge in [0.25, 0.3) is 0 Å². The molecule has 4 rings (SSSR count). The van der Waals surface area contributed by atoms with Crippen molar-refractivity contribution in [3.05, 3.63) is 101 Å². The van der Waals surface area contributed by atoms with Crippen LogP contribution in [0.1, 0.15) is 82.8 Å². The van der Waals surface area contributed by atoms with Crippen molar-refractivity contribution in [2.75, 3.05) is 0 Å². The molecule has 38 heavy (non-hydrogen) atoms. The Bertz CT molecular complexity index is 1270. The second-order valence-corrected chi connectivity index (χ2v) is 10.5. The first kappa shape index (κ1) is 28.0. The van der Waals surface area contributed by atoms with E-state index >= 15 is 4.39 Å². The van der Waals surface area contributed by atoms with Crippen molar-refractivity contribution in [3.63, 3.8) is 0 Å². The number of allylic oxidation sites excluding steroid dienone is 4. The number of benzene rings is 3. The van der Waals surface area contributed by atoms with Crippen molar-refractivity contribution >= 4 is 5.57 Å². The minimum atomic E-state index is -0.811. The fourth-order valence-corrected chi connectivity index (χ4v) is 5.44. The van der Waals surface area contributed by atoms with E-state index in [-0.39, 0.29) is 11.4 Å². The van der Waals surface area contributed by atoms with E-state index in [9.17, 15) is 8.78 Å². The summed E-state index contributed by atoms with van der Waals surface area (Å²) < 4.78 is 44.9. The highest BCUT2D eigenvalue weighted by atomic mass is 19.2. The molecule has 0 heterocycles. The number of halogens is 3. The van der Waals surface area contributed by atoms with Crippen molar-refractivity contribution in [1.29, 1.82) is 0 Å². The zero-order valence-electron chi connectivity index (χ0n) is 22.7. The van der Waals surface area contributed by atoms with Gasteiger partial charge in [0.2, 0.25) is 0 Å². The lowest BCUT2D eigenvalue weighted by Crippen LogP contribution is -2.02. The van der Waals surface area contributed by atoms with Crippen molar-refractivity contribution < 1.29 is 13.2 Å². The van der Waals surface area contributed by atoms with E-state index < -0.39 is 11.6 Å². The summed E-state index contributed by atoms with van der Waals surface area (Å²) in [5, 5.41) is 0. The minimum absolute atomic E-state index is 0.233. The third-order valence-electron chi connectivity index (χ3n) is 7.72. The van der Waals surface area contributed by atoms with Gasteiger partial charge in [0, 0.05) is 11.1 Å². The van der Waals surface area contributed by atoms with Crippen LogP contribution in [-0.4, -0.2) is 0 Å². The first-order valence-corrected chi connectivity index (χ1v) is 14.2. The van der Waals surface area contributed by atoms with E-state index in [4.69, 9.17) is 0 Å². The molecule has 200 valence electrons. The minimum Gasteiger partial charge on any atom is -0.206 e. The van der Waals surface area contributed by atoms with Crippen molar-refractivity contribution in [3.8, 4) is 22.3 Å². The summed E-state index contributed by atoms with van der Waals surface area (Å²) in [5.74, 6) is -1.27. The predicted molar refractivity (Wildman–Crippen MR) is 154 cm³/mol. The highest BCUT2D eigenvalue weighted by molar-refractivity contribution is 5.74. The molecule has 1 aliphatic rings. The van der Waals surface area contributed by atoms with Crippen LogP contribution in [0.5, 0.6) is 0 Å². The highest BCUT2D eigenvalue weighted by Crippen LogP contribution is 2.34. The van der Waals surface area contributed by atoms with E-state index in [2.05, 4.69) is 25.2 Å². The van der Waals surface area contributed by atoms with E-state index in [1.807, 2.05) is 19.1 Å². The average molecular weight is 517 g/mol. The molecule has 0 saturated carbocycles. The Morgan fingerprint density at radius 1 is 0.763 bits per heavy atom. The first-order valence-electron chi connectivity index (χ1n) is 14.2. The van der Waals surface area contributed by atoms with Gasteiger partial charge < -0.3 is 0 Å². The molecule has 0 fully saturated rings. The Morgan fingerprint density at radius 2 is 1.42 bits per heavy atom. The second-order valence-electron chi connectivity index (χ2n) is 10.5. The normalized spacial score (nSPS) is 15.7. The van der Waals surface area contributed by atoms with Crippen LogP contribution >= 0.6 is 0 Å². The van der Waals surface area contributed by atoms with Gasteiger partial charge in [-0.1, -0.05) is 106 Å². The van der Waals surface area contributed by atoms with E-state index in [1.54, 1.807) is 42.5 Å². The SMILES string of the molecule is C/C=C/C1CC=C(c2ccc(-c3ccc(-c4ccc(CCCCCCCC)c(F)c4F)cc3)c(F)c2)CC1. The maximum Gasteiger partial charge on any atom is 0.166 e. The molecule has 1 aliphatic carbocycles. The van der Waals surface area contributed by atoms with Crippen LogP contribution in [0.15, 0.2) is 72.8 Å². The Kier molecular flexibility index (Phi) is 10.0. The summed E-state index contributed by atoms with van der Waals surface area (Å²) in [7, 11) is 0. The smallest absolute Gasteiger partial charge is 0.166 e. The summed E-state index contributed by atoms with van der Waals surface area (Å²) in [6.07, 6.45) is 16.8.